The van der Waals surface area contributed by atoms with Gasteiger partial charge in [-0.15, -0.1) is 0 Å². The second kappa shape index (κ2) is 5.36. The van der Waals surface area contributed by atoms with Gasteiger partial charge in [-0.25, -0.2) is 4.79 Å². The van der Waals surface area contributed by atoms with E-state index >= 15 is 0 Å². The van der Waals surface area contributed by atoms with Gasteiger partial charge in [0.1, 0.15) is 0 Å². The van der Waals surface area contributed by atoms with Crippen molar-refractivity contribution in [1.29, 1.82) is 0 Å². The fourth-order valence-corrected chi connectivity index (χ4v) is 0.837. The number of carbonyl (C=O) groups excluding carboxylic acids is 1. The van der Waals surface area contributed by atoms with Crippen LogP contribution in [0.25, 0.3) is 0 Å². The number of esters is 1. The third kappa shape index (κ3) is 3.43. The number of carbonyl (C=O) groups is 1. The standard InChI is InChI=1S/C6H6BF3NO2.K/c1-13-6(12)4-2-5(11-3-4)7(8,9)10;/h2-3,11H,1H3;/q-1;+1. The number of ether oxygens (including phenoxy) is 1. The van der Waals surface area contributed by atoms with Gasteiger partial charge in [0, 0.05) is 6.20 Å². The monoisotopic (exact) mass is 231 g/mol. The Bertz CT molecular complexity index is 325. The summed E-state index contributed by atoms with van der Waals surface area (Å²) in [5.74, 6) is -0.789. The number of rotatable bonds is 2. The number of aromatic amines is 1. The molecular formula is C6H6BF3KNO2. The minimum atomic E-state index is -5.08. The zero-order valence-electron chi connectivity index (χ0n) is 7.68. The van der Waals surface area contributed by atoms with Crippen LogP contribution in [0.1, 0.15) is 10.4 Å². The molecule has 1 N–H and O–H groups in total. The van der Waals surface area contributed by atoms with Crippen molar-refractivity contribution < 1.29 is 73.9 Å². The first-order valence-corrected chi connectivity index (χ1v) is 3.41. The quantitative estimate of drug-likeness (QED) is 0.466. The minimum Gasteiger partial charge on any atom is -0.465 e. The topological polar surface area (TPSA) is 42.1 Å². The van der Waals surface area contributed by atoms with Crippen LogP contribution in [0.15, 0.2) is 12.3 Å². The molecule has 0 unspecified atom stereocenters. The van der Waals surface area contributed by atoms with Crippen LogP contribution in [-0.4, -0.2) is 25.0 Å². The van der Waals surface area contributed by atoms with Crippen LogP contribution in [-0.2, 0) is 4.74 Å². The zero-order chi connectivity index (χ0) is 10.1. The first-order chi connectivity index (χ1) is 5.95. The zero-order valence-corrected chi connectivity index (χ0v) is 10.8. The Morgan fingerprint density at radius 1 is 1.50 bits per heavy atom. The van der Waals surface area contributed by atoms with Gasteiger partial charge in [-0.05, 0) is 5.59 Å². The van der Waals surface area contributed by atoms with Crippen molar-refractivity contribution in [2.75, 3.05) is 7.11 Å². The summed E-state index contributed by atoms with van der Waals surface area (Å²) >= 11 is 0. The van der Waals surface area contributed by atoms with Crippen LogP contribution in [0.5, 0.6) is 0 Å². The summed E-state index contributed by atoms with van der Waals surface area (Å²) < 4.78 is 40.4. The number of hydrogen-bond acceptors (Lipinski definition) is 2. The molecule has 1 heterocycles. The van der Waals surface area contributed by atoms with Crippen molar-refractivity contribution in [3.63, 3.8) is 0 Å². The normalized spacial score (nSPS) is 10.6. The summed E-state index contributed by atoms with van der Waals surface area (Å²) in [5, 5.41) is 0. The minimum absolute atomic E-state index is 0. The fourth-order valence-electron chi connectivity index (χ4n) is 0.837. The molecule has 0 saturated carbocycles. The predicted molar refractivity (Wildman–Crippen MR) is 40.8 cm³/mol. The molecule has 0 aromatic carbocycles. The van der Waals surface area contributed by atoms with E-state index in [2.05, 4.69) is 4.74 Å². The fraction of sp³-hybridized carbons (Fsp3) is 0.167. The molecule has 1 aromatic rings. The Labute approximate surface area is 121 Å². The van der Waals surface area contributed by atoms with E-state index in [0.29, 0.717) is 0 Å². The van der Waals surface area contributed by atoms with Crippen molar-refractivity contribution >= 4 is 18.5 Å². The summed E-state index contributed by atoms with van der Waals surface area (Å²) in [4.78, 5) is 12.7. The molecular weight excluding hydrogens is 225 g/mol. The van der Waals surface area contributed by atoms with Gasteiger partial charge in [0.2, 0.25) is 0 Å². The molecule has 72 valence electrons. The largest absolute Gasteiger partial charge is 1.00 e. The van der Waals surface area contributed by atoms with Crippen LogP contribution in [0.4, 0.5) is 12.9 Å². The summed E-state index contributed by atoms with van der Waals surface area (Å²) in [6.45, 7) is -5.08. The Morgan fingerprint density at radius 2 is 2.07 bits per heavy atom. The van der Waals surface area contributed by atoms with Crippen molar-refractivity contribution in [1.82, 2.24) is 4.98 Å². The number of H-pyrrole nitrogens is 1. The van der Waals surface area contributed by atoms with E-state index in [1.54, 1.807) is 0 Å². The third-order valence-electron chi connectivity index (χ3n) is 1.48. The molecule has 0 aliphatic rings. The number of nitrogens with one attached hydrogen (secondary N) is 1. The SMILES string of the molecule is COC(=O)c1c[nH]c([B-](F)(F)F)c1.[K+]. The average molecular weight is 231 g/mol. The van der Waals surface area contributed by atoms with E-state index in [0.717, 1.165) is 19.4 Å². The van der Waals surface area contributed by atoms with E-state index in [9.17, 15) is 17.7 Å². The Morgan fingerprint density at radius 3 is 2.43 bits per heavy atom. The Hall–Kier alpha value is 0.241. The molecule has 14 heavy (non-hydrogen) atoms. The molecule has 1 rings (SSSR count). The molecule has 0 amide bonds. The second-order valence-electron chi connectivity index (χ2n) is 2.41. The smallest absolute Gasteiger partial charge is 0.465 e. The van der Waals surface area contributed by atoms with E-state index < -0.39 is 18.5 Å². The number of methoxy groups -OCH3 is 1. The van der Waals surface area contributed by atoms with Gasteiger partial charge in [0.25, 0.3) is 0 Å². The van der Waals surface area contributed by atoms with Crippen molar-refractivity contribution in [2.24, 2.45) is 0 Å². The molecule has 0 saturated heterocycles. The molecule has 0 aliphatic heterocycles. The maximum absolute atomic E-state index is 12.0. The summed E-state index contributed by atoms with van der Waals surface area (Å²) in [5.41, 5.74) is -1.03. The molecule has 3 nitrogen and oxygen atoms in total. The average Bonchev–Trinajstić information content (AvgIpc) is 2.50. The molecule has 1 aromatic heterocycles. The number of halogens is 3. The Balaban J connectivity index is 0.00000169. The van der Waals surface area contributed by atoms with E-state index in [1.807, 2.05) is 4.98 Å². The number of aromatic nitrogens is 1. The molecule has 0 aliphatic carbocycles. The van der Waals surface area contributed by atoms with Gasteiger partial charge < -0.3 is 22.7 Å². The van der Waals surface area contributed by atoms with E-state index in [4.69, 9.17) is 0 Å². The summed E-state index contributed by atoms with van der Waals surface area (Å²) in [6.07, 6.45) is 0.969. The van der Waals surface area contributed by atoms with Gasteiger partial charge in [0.05, 0.1) is 12.7 Å². The molecule has 0 fully saturated rings. The van der Waals surface area contributed by atoms with Crippen molar-refractivity contribution in [2.45, 2.75) is 0 Å². The third-order valence-corrected chi connectivity index (χ3v) is 1.48. The van der Waals surface area contributed by atoms with E-state index in [1.165, 1.54) is 0 Å². The second-order valence-corrected chi connectivity index (χ2v) is 2.41. The molecule has 0 spiro atoms. The first kappa shape index (κ1) is 14.2. The summed E-state index contributed by atoms with van der Waals surface area (Å²) in [7, 11) is 1.10. The van der Waals surface area contributed by atoms with E-state index in [-0.39, 0.29) is 56.9 Å². The molecule has 8 heteroatoms. The summed E-state index contributed by atoms with van der Waals surface area (Å²) in [6, 6.07) is 0.728. The first-order valence-electron chi connectivity index (χ1n) is 3.41. The molecule has 0 atom stereocenters. The molecule has 0 radical (unpaired) electrons. The van der Waals surface area contributed by atoms with Gasteiger partial charge >= 0.3 is 64.3 Å². The van der Waals surface area contributed by atoms with Crippen LogP contribution in [0.2, 0.25) is 0 Å². The van der Waals surface area contributed by atoms with Crippen molar-refractivity contribution in [3.05, 3.63) is 17.8 Å². The Kier molecular flexibility index (Phi) is 5.45. The predicted octanol–water partition coefficient (Wildman–Crippen LogP) is -2.14. The van der Waals surface area contributed by atoms with Gasteiger partial charge in [0.15, 0.2) is 0 Å². The molecule has 0 bridgehead atoms. The number of hydrogen-bond donors (Lipinski definition) is 1. The van der Waals surface area contributed by atoms with Crippen LogP contribution < -0.4 is 57.0 Å². The maximum Gasteiger partial charge on any atom is 1.00 e. The van der Waals surface area contributed by atoms with Crippen LogP contribution in [0, 0.1) is 0 Å². The van der Waals surface area contributed by atoms with Crippen molar-refractivity contribution in [3.8, 4) is 0 Å². The van der Waals surface area contributed by atoms with Gasteiger partial charge in [-0.1, -0.05) is 6.07 Å². The van der Waals surface area contributed by atoms with Crippen LogP contribution in [0.3, 0.4) is 0 Å². The maximum atomic E-state index is 12.0. The van der Waals surface area contributed by atoms with Gasteiger partial charge in [-0.2, -0.15) is 0 Å². The van der Waals surface area contributed by atoms with Gasteiger partial charge in [-0.3, -0.25) is 0 Å². The van der Waals surface area contributed by atoms with Crippen LogP contribution >= 0.6 is 0 Å².